The summed E-state index contributed by atoms with van der Waals surface area (Å²) >= 11 is 3.59. The zero-order valence-electron chi connectivity index (χ0n) is 11.4. The fourth-order valence-corrected chi connectivity index (χ4v) is 3.47. The van der Waals surface area contributed by atoms with Gasteiger partial charge in [-0.25, -0.2) is 0 Å². The van der Waals surface area contributed by atoms with E-state index in [9.17, 15) is 0 Å². The molecule has 1 aliphatic heterocycles. The second-order valence-electron chi connectivity index (χ2n) is 5.40. The minimum absolute atomic E-state index is 0.661. The summed E-state index contributed by atoms with van der Waals surface area (Å²) in [5.41, 5.74) is 1.43. The highest BCUT2D eigenvalue weighted by Gasteiger charge is 2.28. The molecule has 0 amide bonds. The third-order valence-corrected chi connectivity index (χ3v) is 4.61. The van der Waals surface area contributed by atoms with E-state index >= 15 is 0 Å². The Labute approximate surface area is 118 Å². The first kappa shape index (κ1) is 13.9. The van der Waals surface area contributed by atoms with Gasteiger partial charge >= 0.3 is 0 Å². The molecule has 1 N–H and O–H groups in total. The van der Waals surface area contributed by atoms with Crippen molar-refractivity contribution in [2.24, 2.45) is 11.8 Å². The van der Waals surface area contributed by atoms with E-state index in [1.165, 1.54) is 12.0 Å². The first-order chi connectivity index (χ1) is 8.63. The minimum Gasteiger partial charge on any atom is -0.496 e. The smallest absolute Gasteiger partial charge is 0.133 e. The average Bonchev–Trinajstić information content (AvgIpc) is 2.38. The Morgan fingerprint density at radius 3 is 2.78 bits per heavy atom. The van der Waals surface area contributed by atoms with Crippen LogP contribution in [0.2, 0.25) is 0 Å². The van der Waals surface area contributed by atoms with E-state index in [-0.39, 0.29) is 0 Å². The summed E-state index contributed by atoms with van der Waals surface area (Å²) in [7, 11) is 1.71. The molecule has 100 valence electrons. The van der Waals surface area contributed by atoms with Crippen molar-refractivity contribution >= 4 is 15.9 Å². The van der Waals surface area contributed by atoms with Crippen LogP contribution in [0.15, 0.2) is 22.7 Å². The van der Waals surface area contributed by atoms with E-state index in [2.05, 4.69) is 53.3 Å². The van der Waals surface area contributed by atoms with Crippen molar-refractivity contribution < 1.29 is 4.74 Å². The van der Waals surface area contributed by atoms with Gasteiger partial charge in [-0.1, -0.05) is 19.9 Å². The molecule has 2 rings (SSSR count). The van der Waals surface area contributed by atoms with Gasteiger partial charge in [-0.3, -0.25) is 0 Å². The highest BCUT2D eigenvalue weighted by molar-refractivity contribution is 9.10. The van der Waals surface area contributed by atoms with Crippen molar-refractivity contribution in [3.63, 3.8) is 0 Å². The number of benzene rings is 1. The van der Waals surface area contributed by atoms with Gasteiger partial charge in [0.15, 0.2) is 0 Å². The SMILES string of the molecule is COc1ccc(C2CCNCC2C(C)C)cc1Br. The lowest BCUT2D eigenvalue weighted by molar-refractivity contribution is 0.255. The van der Waals surface area contributed by atoms with Crippen LogP contribution in [0.3, 0.4) is 0 Å². The van der Waals surface area contributed by atoms with E-state index in [0.29, 0.717) is 11.8 Å². The molecule has 2 nitrogen and oxygen atoms in total. The van der Waals surface area contributed by atoms with Gasteiger partial charge in [0, 0.05) is 0 Å². The van der Waals surface area contributed by atoms with Gasteiger partial charge in [0.05, 0.1) is 11.6 Å². The van der Waals surface area contributed by atoms with E-state index in [1.54, 1.807) is 7.11 Å². The summed E-state index contributed by atoms with van der Waals surface area (Å²) in [4.78, 5) is 0. The average molecular weight is 312 g/mol. The van der Waals surface area contributed by atoms with Crippen molar-refractivity contribution in [3.8, 4) is 5.75 Å². The second-order valence-corrected chi connectivity index (χ2v) is 6.26. The number of hydrogen-bond donors (Lipinski definition) is 1. The number of piperidine rings is 1. The van der Waals surface area contributed by atoms with Crippen LogP contribution >= 0.6 is 15.9 Å². The zero-order chi connectivity index (χ0) is 13.1. The Kier molecular flexibility index (Phi) is 4.68. The van der Waals surface area contributed by atoms with Crippen LogP contribution in [0, 0.1) is 11.8 Å². The molecule has 0 aliphatic carbocycles. The topological polar surface area (TPSA) is 21.3 Å². The molecule has 2 atom stereocenters. The van der Waals surface area contributed by atoms with Gasteiger partial charge in [0.2, 0.25) is 0 Å². The summed E-state index contributed by atoms with van der Waals surface area (Å²) in [5.74, 6) is 3.00. The van der Waals surface area contributed by atoms with Crippen molar-refractivity contribution in [1.82, 2.24) is 5.32 Å². The third kappa shape index (κ3) is 2.89. The van der Waals surface area contributed by atoms with Crippen LogP contribution < -0.4 is 10.1 Å². The maximum Gasteiger partial charge on any atom is 0.133 e. The Morgan fingerprint density at radius 1 is 1.39 bits per heavy atom. The van der Waals surface area contributed by atoms with Crippen LogP contribution in [-0.4, -0.2) is 20.2 Å². The molecule has 0 aromatic heterocycles. The molecule has 0 spiro atoms. The maximum atomic E-state index is 5.30. The van der Waals surface area contributed by atoms with E-state index in [0.717, 1.165) is 29.2 Å². The molecule has 1 heterocycles. The number of methoxy groups -OCH3 is 1. The first-order valence-corrected chi connectivity index (χ1v) is 7.47. The normalized spacial score (nSPS) is 24.3. The van der Waals surface area contributed by atoms with Gasteiger partial charge in [0.1, 0.15) is 5.75 Å². The quantitative estimate of drug-likeness (QED) is 0.916. The summed E-state index contributed by atoms with van der Waals surface area (Å²) in [6, 6.07) is 6.51. The molecule has 0 saturated carbocycles. The highest BCUT2D eigenvalue weighted by Crippen LogP contribution is 2.37. The van der Waals surface area contributed by atoms with Crippen molar-refractivity contribution in [2.75, 3.05) is 20.2 Å². The van der Waals surface area contributed by atoms with Crippen LogP contribution in [0.4, 0.5) is 0 Å². The number of halogens is 1. The van der Waals surface area contributed by atoms with Crippen LogP contribution in [0.25, 0.3) is 0 Å². The molecule has 3 heteroatoms. The summed E-state index contributed by atoms with van der Waals surface area (Å²) in [5, 5.41) is 3.52. The third-order valence-electron chi connectivity index (χ3n) is 3.99. The van der Waals surface area contributed by atoms with Crippen LogP contribution in [0.5, 0.6) is 5.75 Å². The highest BCUT2D eigenvalue weighted by atomic mass is 79.9. The number of nitrogens with one attached hydrogen (secondary N) is 1. The van der Waals surface area contributed by atoms with Crippen molar-refractivity contribution in [2.45, 2.75) is 26.2 Å². The summed E-state index contributed by atoms with van der Waals surface area (Å²) in [6.07, 6.45) is 1.22. The fourth-order valence-electron chi connectivity index (χ4n) is 2.91. The lowest BCUT2D eigenvalue weighted by Gasteiger charge is -2.35. The molecule has 1 aromatic rings. The van der Waals surface area contributed by atoms with Crippen LogP contribution in [-0.2, 0) is 0 Å². The predicted molar refractivity (Wildman–Crippen MR) is 79.2 cm³/mol. The predicted octanol–water partition coefficient (Wildman–Crippen LogP) is 3.81. The van der Waals surface area contributed by atoms with Crippen molar-refractivity contribution in [1.29, 1.82) is 0 Å². The molecular weight excluding hydrogens is 290 g/mol. The van der Waals surface area contributed by atoms with Crippen LogP contribution in [0.1, 0.15) is 31.7 Å². The first-order valence-electron chi connectivity index (χ1n) is 6.67. The van der Waals surface area contributed by atoms with E-state index in [4.69, 9.17) is 4.74 Å². The fraction of sp³-hybridized carbons (Fsp3) is 0.600. The summed E-state index contributed by atoms with van der Waals surface area (Å²) < 4.78 is 6.36. The number of ether oxygens (including phenoxy) is 1. The molecule has 18 heavy (non-hydrogen) atoms. The minimum atomic E-state index is 0.661. The van der Waals surface area contributed by atoms with Gasteiger partial charge in [-0.05, 0) is 70.9 Å². The number of rotatable bonds is 3. The summed E-state index contributed by atoms with van der Waals surface area (Å²) in [6.45, 7) is 6.90. The monoisotopic (exact) mass is 311 g/mol. The molecule has 0 radical (unpaired) electrons. The Bertz CT molecular complexity index is 405. The lowest BCUT2D eigenvalue weighted by atomic mass is 9.75. The maximum absolute atomic E-state index is 5.30. The molecule has 2 unspecified atom stereocenters. The van der Waals surface area contributed by atoms with Crippen molar-refractivity contribution in [3.05, 3.63) is 28.2 Å². The molecule has 0 bridgehead atoms. The molecule has 1 saturated heterocycles. The zero-order valence-corrected chi connectivity index (χ0v) is 13.0. The molecule has 1 aliphatic rings. The molecule has 1 aromatic carbocycles. The second kappa shape index (κ2) is 6.07. The van der Waals surface area contributed by atoms with Gasteiger partial charge in [-0.2, -0.15) is 0 Å². The standard InChI is InChI=1S/C15H22BrNO/c1-10(2)13-9-17-7-6-12(13)11-4-5-15(18-3)14(16)8-11/h4-5,8,10,12-13,17H,6-7,9H2,1-3H3. The molecule has 1 fully saturated rings. The van der Waals surface area contributed by atoms with E-state index in [1.807, 2.05) is 0 Å². The largest absolute Gasteiger partial charge is 0.496 e. The Hall–Kier alpha value is -0.540. The van der Waals surface area contributed by atoms with Gasteiger partial charge < -0.3 is 10.1 Å². The Morgan fingerprint density at radius 2 is 2.17 bits per heavy atom. The molecular formula is C15H22BrNO. The van der Waals surface area contributed by atoms with Gasteiger partial charge in [-0.15, -0.1) is 0 Å². The lowest BCUT2D eigenvalue weighted by Crippen LogP contribution is -2.38. The van der Waals surface area contributed by atoms with Gasteiger partial charge in [0.25, 0.3) is 0 Å². The Balaban J connectivity index is 2.25. The van der Waals surface area contributed by atoms with E-state index < -0.39 is 0 Å². The number of hydrogen-bond acceptors (Lipinski definition) is 2.